The fourth-order valence-corrected chi connectivity index (χ4v) is 12.0. The zero-order chi connectivity index (χ0) is 47.6. The van der Waals surface area contributed by atoms with Crippen molar-refractivity contribution in [2.24, 2.45) is 0 Å². The van der Waals surface area contributed by atoms with Gasteiger partial charge in [0.15, 0.2) is 0 Å². The second-order valence-electron chi connectivity index (χ2n) is 20.9. The Labute approximate surface area is 407 Å². The molecule has 9 aromatic carbocycles. The molecule has 0 saturated carbocycles. The predicted octanol–water partition coefficient (Wildman–Crippen LogP) is 17.0. The molecule has 338 valence electrons. The van der Waals surface area contributed by atoms with Crippen LogP contribution in [0.25, 0.3) is 89.0 Å². The quantitative estimate of drug-likeness (QED) is 0.152. The molecule has 9 aromatic rings. The molecule has 0 saturated heterocycles. The van der Waals surface area contributed by atoms with Gasteiger partial charge in [-0.2, -0.15) is 0 Å². The molecule has 0 fully saturated rings. The maximum absolute atomic E-state index is 5.72. The Kier molecular flexibility index (Phi) is 9.57. The van der Waals surface area contributed by atoms with E-state index in [1.807, 2.05) is 0 Å². The topological polar surface area (TPSA) is 27.7 Å². The largest absolute Gasteiger partial charge is 0.497 e. The van der Waals surface area contributed by atoms with E-state index >= 15 is 0 Å². The molecule has 0 spiro atoms. The summed E-state index contributed by atoms with van der Waals surface area (Å²) in [5, 5.41) is 0. The van der Waals surface area contributed by atoms with Crippen molar-refractivity contribution < 1.29 is 14.2 Å². The molecule has 12 rings (SSSR count). The zero-order valence-electron chi connectivity index (χ0n) is 41.0. The van der Waals surface area contributed by atoms with E-state index in [-0.39, 0.29) is 16.2 Å². The Morgan fingerprint density at radius 1 is 0.232 bits per heavy atom. The van der Waals surface area contributed by atoms with Gasteiger partial charge < -0.3 is 14.2 Å². The highest BCUT2D eigenvalue weighted by molar-refractivity contribution is 5.91. The molecule has 0 atom stereocenters. The summed E-state index contributed by atoms with van der Waals surface area (Å²) < 4.78 is 17.1. The Morgan fingerprint density at radius 2 is 0.478 bits per heavy atom. The molecule has 0 heterocycles. The van der Waals surface area contributed by atoms with Crippen LogP contribution in [0.1, 0.15) is 74.9 Å². The molecular formula is C66H56O3. The standard InChI is InChI=1S/C66H56O3/c1-64(2)58-33-40(15-21-52(58)55-24-18-49(67-7)36-61(55)64)44-27-43(39-13-11-10-12-14-39)28-47(30-44)48-31-45(41-16-22-53-56-25-19-50(68-8)37-62(56)65(3,4)59(53)34-41)29-46(32-48)42-17-23-54-57-26-20-51(69-9)38-63(57)66(5,6)60(54)35-42/h10-38H,1-9H3. The van der Waals surface area contributed by atoms with Crippen LogP contribution in [-0.4, -0.2) is 21.3 Å². The molecule has 3 aliphatic carbocycles. The molecule has 0 aliphatic heterocycles. The van der Waals surface area contributed by atoms with Gasteiger partial charge in [0.05, 0.1) is 21.3 Å². The van der Waals surface area contributed by atoms with Gasteiger partial charge in [-0.15, -0.1) is 0 Å². The molecule has 0 amide bonds. The maximum Gasteiger partial charge on any atom is 0.119 e. The van der Waals surface area contributed by atoms with E-state index in [0.29, 0.717) is 0 Å². The number of ether oxygens (including phenoxy) is 3. The lowest BCUT2D eigenvalue weighted by Gasteiger charge is -2.23. The van der Waals surface area contributed by atoms with Crippen LogP contribution >= 0.6 is 0 Å². The lowest BCUT2D eigenvalue weighted by molar-refractivity contribution is 0.413. The van der Waals surface area contributed by atoms with E-state index in [1.165, 1.54) is 122 Å². The minimum absolute atomic E-state index is 0.186. The lowest BCUT2D eigenvalue weighted by atomic mass is 9.80. The summed E-state index contributed by atoms with van der Waals surface area (Å²) in [5.74, 6) is 2.66. The summed E-state index contributed by atoms with van der Waals surface area (Å²) in [5.41, 5.74) is 26.9. The molecule has 0 bridgehead atoms. The maximum atomic E-state index is 5.72. The average molecular weight is 897 g/mol. The summed E-state index contributed by atoms with van der Waals surface area (Å²) in [6, 6.07) is 66.0. The van der Waals surface area contributed by atoms with E-state index in [9.17, 15) is 0 Å². The van der Waals surface area contributed by atoms with Gasteiger partial charge in [-0.1, -0.05) is 126 Å². The van der Waals surface area contributed by atoms with E-state index in [4.69, 9.17) is 14.2 Å². The van der Waals surface area contributed by atoms with E-state index in [2.05, 4.69) is 217 Å². The highest BCUT2D eigenvalue weighted by Crippen LogP contribution is 2.54. The van der Waals surface area contributed by atoms with Gasteiger partial charge in [-0.3, -0.25) is 0 Å². The first-order valence-electron chi connectivity index (χ1n) is 24.1. The third-order valence-corrected chi connectivity index (χ3v) is 16.0. The summed E-state index contributed by atoms with van der Waals surface area (Å²) in [6.45, 7) is 14.0. The Balaban J connectivity index is 1.05. The van der Waals surface area contributed by atoms with Crippen molar-refractivity contribution in [2.45, 2.75) is 57.8 Å². The first kappa shape index (κ1) is 42.7. The van der Waals surface area contributed by atoms with Crippen LogP contribution in [-0.2, 0) is 16.2 Å². The molecule has 0 aromatic heterocycles. The van der Waals surface area contributed by atoms with Crippen molar-refractivity contribution in [3.05, 3.63) is 209 Å². The minimum Gasteiger partial charge on any atom is -0.497 e. The van der Waals surface area contributed by atoms with Crippen LogP contribution < -0.4 is 14.2 Å². The number of hydrogen-bond donors (Lipinski definition) is 0. The van der Waals surface area contributed by atoms with Gasteiger partial charge in [0, 0.05) is 16.2 Å². The fourth-order valence-electron chi connectivity index (χ4n) is 12.0. The number of methoxy groups -OCH3 is 3. The molecule has 0 radical (unpaired) electrons. The number of rotatable bonds is 8. The van der Waals surface area contributed by atoms with Gasteiger partial charge in [-0.05, 0) is 213 Å². The normalized spacial score (nSPS) is 14.8. The third-order valence-electron chi connectivity index (χ3n) is 16.0. The summed E-state index contributed by atoms with van der Waals surface area (Å²) in [4.78, 5) is 0. The Hall–Kier alpha value is -7.62. The average Bonchev–Trinajstić information content (AvgIpc) is 3.86. The Bertz CT molecular complexity index is 3450. The van der Waals surface area contributed by atoms with Crippen molar-refractivity contribution in [3.8, 4) is 106 Å². The second kappa shape index (κ2) is 15.5. The molecule has 3 aliphatic rings. The fraction of sp³-hybridized carbons (Fsp3) is 0.182. The van der Waals surface area contributed by atoms with Crippen molar-refractivity contribution in [1.29, 1.82) is 0 Å². The zero-order valence-corrected chi connectivity index (χ0v) is 41.0. The van der Waals surface area contributed by atoms with Gasteiger partial charge in [0.1, 0.15) is 17.2 Å². The van der Waals surface area contributed by atoms with Crippen LogP contribution in [0.2, 0.25) is 0 Å². The van der Waals surface area contributed by atoms with E-state index in [0.717, 1.165) is 17.2 Å². The predicted molar refractivity (Wildman–Crippen MR) is 286 cm³/mol. The van der Waals surface area contributed by atoms with Gasteiger partial charge in [0.2, 0.25) is 0 Å². The molecule has 0 unspecified atom stereocenters. The summed E-state index contributed by atoms with van der Waals surface area (Å²) in [7, 11) is 5.25. The SMILES string of the molecule is COc1ccc2c(c1)C(C)(C)c1cc(-c3cc(-c4ccccc4)cc(-c4cc(-c5ccc6c(c5)C(C)(C)c5cc(OC)ccc5-6)cc(-c5ccc6c(c5)C(C)(C)c5cc(OC)ccc5-6)c4)c3)ccc1-2. The summed E-state index contributed by atoms with van der Waals surface area (Å²) >= 11 is 0. The van der Waals surface area contributed by atoms with Gasteiger partial charge in [-0.25, -0.2) is 0 Å². The van der Waals surface area contributed by atoms with Crippen LogP contribution in [0.3, 0.4) is 0 Å². The molecule has 69 heavy (non-hydrogen) atoms. The van der Waals surface area contributed by atoms with E-state index in [1.54, 1.807) is 21.3 Å². The van der Waals surface area contributed by atoms with Gasteiger partial charge >= 0.3 is 0 Å². The van der Waals surface area contributed by atoms with Crippen molar-refractivity contribution in [3.63, 3.8) is 0 Å². The van der Waals surface area contributed by atoms with Crippen LogP contribution in [0.5, 0.6) is 17.2 Å². The highest BCUT2D eigenvalue weighted by atomic mass is 16.5. The molecule has 0 N–H and O–H groups in total. The van der Waals surface area contributed by atoms with Crippen molar-refractivity contribution in [2.75, 3.05) is 21.3 Å². The van der Waals surface area contributed by atoms with Crippen molar-refractivity contribution >= 4 is 0 Å². The number of hydrogen-bond acceptors (Lipinski definition) is 3. The first-order chi connectivity index (χ1) is 33.3. The molecule has 3 heteroatoms. The van der Waals surface area contributed by atoms with Crippen LogP contribution in [0.15, 0.2) is 176 Å². The van der Waals surface area contributed by atoms with Crippen LogP contribution in [0, 0.1) is 0 Å². The lowest BCUT2D eigenvalue weighted by Crippen LogP contribution is -2.15. The minimum atomic E-state index is -0.199. The molecular weight excluding hydrogens is 841 g/mol. The third kappa shape index (κ3) is 6.61. The second-order valence-corrected chi connectivity index (χ2v) is 20.9. The number of fused-ring (bicyclic) bond motifs is 9. The van der Waals surface area contributed by atoms with Gasteiger partial charge in [0.25, 0.3) is 0 Å². The first-order valence-corrected chi connectivity index (χ1v) is 24.1. The van der Waals surface area contributed by atoms with Crippen LogP contribution in [0.4, 0.5) is 0 Å². The smallest absolute Gasteiger partial charge is 0.119 e. The number of benzene rings is 9. The molecule has 3 nitrogen and oxygen atoms in total. The Morgan fingerprint density at radius 3 is 0.768 bits per heavy atom. The van der Waals surface area contributed by atoms with E-state index < -0.39 is 0 Å². The summed E-state index contributed by atoms with van der Waals surface area (Å²) in [6.07, 6.45) is 0. The highest BCUT2D eigenvalue weighted by Gasteiger charge is 2.39. The van der Waals surface area contributed by atoms with Crippen molar-refractivity contribution in [1.82, 2.24) is 0 Å². The monoisotopic (exact) mass is 896 g/mol.